The zero-order valence-corrected chi connectivity index (χ0v) is 14.9. The number of carbonyl (C=O) groups excluding carboxylic acids is 1. The molecule has 6 nitrogen and oxygen atoms in total. The predicted molar refractivity (Wildman–Crippen MR) is 94.9 cm³/mol. The molecule has 1 atom stereocenters. The van der Waals surface area contributed by atoms with Gasteiger partial charge in [0.1, 0.15) is 0 Å². The van der Waals surface area contributed by atoms with Crippen LogP contribution < -0.4 is 5.73 Å². The van der Waals surface area contributed by atoms with Gasteiger partial charge in [0, 0.05) is 19.6 Å². The first-order valence-corrected chi connectivity index (χ1v) is 8.36. The maximum Gasteiger partial charge on any atom is 0.228 e. The lowest BCUT2D eigenvalue weighted by Crippen LogP contribution is -2.35. The number of likely N-dealkylation sites (N-methyl/N-ethyl adjacent to an activating group) is 1. The second-order valence-electron chi connectivity index (χ2n) is 6.56. The highest BCUT2D eigenvalue weighted by Gasteiger charge is 2.17. The number of aromatic nitrogens is 3. The topological polar surface area (TPSA) is 77.0 Å². The summed E-state index contributed by atoms with van der Waals surface area (Å²) in [4.78, 5) is 14.1. The van der Waals surface area contributed by atoms with Crippen LogP contribution in [0, 0.1) is 12.8 Å². The lowest BCUT2D eigenvalue weighted by atomic mass is 10.0. The number of para-hydroxylation sites is 1. The van der Waals surface area contributed by atoms with Crippen molar-refractivity contribution < 1.29 is 4.79 Å². The van der Waals surface area contributed by atoms with Crippen molar-refractivity contribution in [3.8, 4) is 5.69 Å². The fourth-order valence-corrected chi connectivity index (χ4v) is 2.42. The molecule has 1 aromatic heterocycles. The van der Waals surface area contributed by atoms with E-state index in [2.05, 4.69) is 24.2 Å². The first-order chi connectivity index (χ1) is 11.4. The van der Waals surface area contributed by atoms with Gasteiger partial charge in [-0.1, -0.05) is 37.3 Å². The summed E-state index contributed by atoms with van der Waals surface area (Å²) in [6.07, 6.45) is 1.06. The molecule has 1 heterocycles. The van der Waals surface area contributed by atoms with Crippen LogP contribution in [0.1, 0.15) is 31.7 Å². The molecule has 6 heteroatoms. The fraction of sp³-hybridized carbons (Fsp3) is 0.500. The van der Waals surface area contributed by atoms with E-state index in [1.807, 2.05) is 44.3 Å². The molecule has 0 aliphatic rings. The number of hydrogen-bond acceptors (Lipinski definition) is 4. The smallest absolute Gasteiger partial charge is 0.228 e. The molecule has 0 radical (unpaired) electrons. The number of rotatable bonds is 7. The van der Waals surface area contributed by atoms with Gasteiger partial charge < -0.3 is 10.6 Å². The van der Waals surface area contributed by atoms with Crippen molar-refractivity contribution in [3.63, 3.8) is 0 Å². The van der Waals surface area contributed by atoms with Crippen molar-refractivity contribution in [2.24, 2.45) is 11.7 Å². The Labute approximate surface area is 143 Å². The second-order valence-corrected chi connectivity index (χ2v) is 6.56. The first kappa shape index (κ1) is 18.1. The van der Waals surface area contributed by atoms with Crippen molar-refractivity contribution in [1.82, 2.24) is 19.9 Å². The number of benzene rings is 1. The Balaban J connectivity index is 1.98. The quantitative estimate of drug-likeness (QED) is 0.842. The molecule has 0 aliphatic carbocycles. The number of carbonyl (C=O) groups is 1. The van der Waals surface area contributed by atoms with E-state index in [9.17, 15) is 4.79 Å². The lowest BCUT2D eigenvalue weighted by molar-refractivity contribution is -0.129. The lowest BCUT2D eigenvalue weighted by Gasteiger charge is -2.21. The van der Waals surface area contributed by atoms with Gasteiger partial charge in [-0.25, -0.2) is 4.68 Å². The molecule has 0 fully saturated rings. The fourth-order valence-electron chi connectivity index (χ4n) is 2.42. The van der Waals surface area contributed by atoms with Crippen LogP contribution in [0.5, 0.6) is 0 Å². The van der Waals surface area contributed by atoms with Crippen LogP contribution in [0.25, 0.3) is 5.69 Å². The standard InChI is InChI=1S/C18H27N5O/c1-13(2)16(19)10-11-22(4)18(24)12-17-14(3)23(21-20-17)15-8-6-5-7-9-15/h5-9,13,16H,10-12,19H2,1-4H3. The van der Waals surface area contributed by atoms with Crippen molar-refractivity contribution >= 4 is 5.91 Å². The minimum atomic E-state index is 0.0363. The third-order valence-corrected chi connectivity index (χ3v) is 4.39. The number of amides is 1. The molecular weight excluding hydrogens is 302 g/mol. The van der Waals surface area contributed by atoms with E-state index >= 15 is 0 Å². The average molecular weight is 329 g/mol. The normalized spacial score (nSPS) is 12.4. The number of hydrogen-bond donors (Lipinski definition) is 1. The summed E-state index contributed by atoms with van der Waals surface area (Å²) in [7, 11) is 1.81. The molecule has 1 aromatic carbocycles. The summed E-state index contributed by atoms with van der Waals surface area (Å²) in [6.45, 7) is 6.78. The molecule has 130 valence electrons. The Bertz CT molecular complexity index is 665. The molecule has 0 saturated carbocycles. The third-order valence-electron chi connectivity index (χ3n) is 4.39. The summed E-state index contributed by atoms with van der Waals surface area (Å²) in [5, 5.41) is 8.35. The molecule has 0 aliphatic heterocycles. The van der Waals surface area contributed by atoms with Crippen LogP contribution in [-0.4, -0.2) is 45.4 Å². The van der Waals surface area contributed by atoms with Gasteiger partial charge in [-0.3, -0.25) is 4.79 Å². The minimum Gasteiger partial charge on any atom is -0.345 e. The summed E-state index contributed by atoms with van der Waals surface area (Å²) in [5.74, 6) is 0.454. The highest BCUT2D eigenvalue weighted by atomic mass is 16.2. The van der Waals surface area contributed by atoms with Gasteiger partial charge in [-0.05, 0) is 31.4 Å². The van der Waals surface area contributed by atoms with Crippen molar-refractivity contribution in [1.29, 1.82) is 0 Å². The van der Waals surface area contributed by atoms with Crippen LogP contribution in [0.2, 0.25) is 0 Å². The Morgan fingerprint density at radius 3 is 2.58 bits per heavy atom. The van der Waals surface area contributed by atoms with E-state index in [1.54, 1.807) is 9.58 Å². The van der Waals surface area contributed by atoms with E-state index < -0.39 is 0 Å². The van der Waals surface area contributed by atoms with Crippen LogP contribution in [0.4, 0.5) is 0 Å². The monoisotopic (exact) mass is 329 g/mol. The van der Waals surface area contributed by atoms with Crippen LogP contribution in [-0.2, 0) is 11.2 Å². The molecule has 1 amide bonds. The largest absolute Gasteiger partial charge is 0.345 e. The highest BCUT2D eigenvalue weighted by Crippen LogP contribution is 2.13. The average Bonchev–Trinajstić information content (AvgIpc) is 2.93. The van der Waals surface area contributed by atoms with E-state index in [-0.39, 0.29) is 18.4 Å². The first-order valence-electron chi connectivity index (χ1n) is 8.36. The summed E-state index contributed by atoms with van der Waals surface area (Å²) in [6, 6.07) is 9.90. The number of nitrogens with two attached hydrogens (primary N) is 1. The number of nitrogens with zero attached hydrogens (tertiary/aromatic N) is 4. The second kappa shape index (κ2) is 8.06. The molecule has 0 saturated heterocycles. The van der Waals surface area contributed by atoms with Crippen LogP contribution in [0.15, 0.2) is 30.3 Å². The van der Waals surface area contributed by atoms with E-state index in [0.29, 0.717) is 18.2 Å². The van der Waals surface area contributed by atoms with Crippen molar-refractivity contribution in [2.45, 2.75) is 39.7 Å². The molecule has 2 rings (SSSR count). The highest BCUT2D eigenvalue weighted by molar-refractivity contribution is 5.78. The van der Waals surface area contributed by atoms with Crippen molar-refractivity contribution in [2.75, 3.05) is 13.6 Å². The molecule has 2 aromatic rings. The van der Waals surface area contributed by atoms with Crippen LogP contribution in [0.3, 0.4) is 0 Å². The SMILES string of the molecule is Cc1c(CC(=O)N(C)CCC(N)C(C)C)nnn1-c1ccccc1. The summed E-state index contributed by atoms with van der Waals surface area (Å²) >= 11 is 0. The van der Waals surface area contributed by atoms with Gasteiger partial charge in [0.05, 0.1) is 23.5 Å². The summed E-state index contributed by atoms with van der Waals surface area (Å²) in [5.41, 5.74) is 8.59. The molecular formula is C18H27N5O. The predicted octanol–water partition coefficient (Wildman–Crippen LogP) is 1.95. The minimum absolute atomic E-state index is 0.0363. The summed E-state index contributed by atoms with van der Waals surface area (Å²) < 4.78 is 1.76. The Kier molecular flexibility index (Phi) is 6.09. The maximum absolute atomic E-state index is 12.4. The van der Waals surface area contributed by atoms with Crippen molar-refractivity contribution in [3.05, 3.63) is 41.7 Å². The Hall–Kier alpha value is -2.21. The zero-order chi connectivity index (χ0) is 17.7. The molecule has 2 N–H and O–H groups in total. The van der Waals surface area contributed by atoms with E-state index in [4.69, 9.17) is 5.73 Å². The van der Waals surface area contributed by atoms with Gasteiger partial charge >= 0.3 is 0 Å². The van der Waals surface area contributed by atoms with Gasteiger partial charge in [0.25, 0.3) is 0 Å². The third kappa shape index (κ3) is 4.41. The van der Waals surface area contributed by atoms with Gasteiger partial charge in [-0.2, -0.15) is 0 Å². The Morgan fingerprint density at radius 2 is 1.96 bits per heavy atom. The maximum atomic E-state index is 12.4. The molecule has 0 bridgehead atoms. The molecule has 24 heavy (non-hydrogen) atoms. The van der Waals surface area contributed by atoms with E-state index in [0.717, 1.165) is 17.8 Å². The van der Waals surface area contributed by atoms with Gasteiger partial charge in [0.2, 0.25) is 5.91 Å². The van der Waals surface area contributed by atoms with Gasteiger partial charge in [0.15, 0.2) is 0 Å². The Morgan fingerprint density at radius 1 is 1.29 bits per heavy atom. The molecule has 0 spiro atoms. The van der Waals surface area contributed by atoms with Gasteiger partial charge in [-0.15, -0.1) is 5.10 Å². The molecule has 1 unspecified atom stereocenters. The van der Waals surface area contributed by atoms with E-state index in [1.165, 1.54) is 0 Å². The zero-order valence-electron chi connectivity index (χ0n) is 14.9. The van der Waals surface area contributed by atoms with Crippen LogP contribution >= 0.6 is 0 Å².